The summed E-state index contributed by atoms with van der Waals surface area (Å²) < 4.78 is 11.2. The molecule has 0 radical (unpaired) electrons. The second kappa shape index (κ2) is 11.8. The minimum absolute atomic E-state index is 0. The molecule has 0 aliphatic heterocycles. The first-order chi connectivity index (χ1) is 11.3. The lowest BCUT2D eigenvalue weighted by molar-refractivity contribution is 0.0785. The first-order valence-corrected chi connectivity index (χ1v) is 12.3. The third-order valence-corrected chi connectivity index (χ3v) is 5.67. The molecule has 0 saturated heterocycles. The Morgan fingerprint density at radius 1 is 0.920 bits per heavy atom. The van der Waals surface area contributed by atoms with Crippen LogP contribution in [0.15, 0.2) is 24.3 Å². The smallest absolute Gasteiger partial charge is 0.119 e. The summed E-state index contributed by atoms with van der Waals surface area (Å²) in [6.07, 6.45) is 3.58. The summed E-state index contributed by atoms with van der Waals surface area (Å²) in [4.78, 5) is 0. The third kappa shape index (κ3) is 10.7. The number of ether oxygens (including phenoxy) is 2. The van der Waals surface area contributed by atoms with Crippen molar-refractivity contribution in [1.29, 1.82) is 0 Å². The van der Waals surface area contributed by atoms with Gasteiger partial charge >= 0.3 is 0 Å². The largest absolute Gasteiger partial charge is 0.494 e. The first kappa shape index (κ1) is 24.2. The van der Waals surface area contributed by atoms with Crippen LogP contribution in [-0.4, -0.2) is 50.3 Å². The molecule has 0 heterocycles. The number of hydrogen-bond acceptors (Lipinski definition) is 5. The average Bonchev–Trinajstić information content (AvgIpc) is 2.56. The van der Waals surface area contributed by atoms with E-state index in [2.05, 4.69) is 19.6 Å². The topological polar surface area (TPSA) is 84.9 Å². The van der Waals surface area contributed by atoms with E-state index in [0.29, 0.717) is 5.75 Å². The van der Waals surface area contributed by atoms with E-state index in [1.165, 1.54) is 18.9 Å². The zero-order chi connectivity index (χ0) is 18.1. The quantitative estimate of drug-likeness (QED) is 0.376. The van der Waals surface area contributed by atoms with Crippen LogP contribution in [0, 0.1) is 0 Å². The SMILES string of the molecule is C[Si](C)(C)CCCCCOc1ccc(OCC(N)(CO)CO)cc1.Cl. The fourth-order valence-corrected chi connectivity index (χ4v) is 3.44. The van der Waals surface area contributed by atoms with Gasteiger partial charge in [0.25, 0.3) is 0 Å². The van der Waals surface area contributed by atoms with E-state index in [-0.39, 0.29) is 32.2 Å². The lowest BCUT2D eigenvalue weighted by Gasteiger charge is -2.24. The molecule has 0 aromatic heterocycles. The summed E-state index contributed by atoms with van der Waals surface area (Å²) >= 11 is 0. The second-order valence-electron chi connectivity index (χ2n) is 7.66. The Morgan fingerprint density at radius 2 is 1.44 bits per heavy atom. The van der Waals surface area contributed by atoms with Gasteiger partial charge in [-0.15, -0.1) is 12.4 Å². The van der Waals surface area contributed by atoms with E-state index in [1.807, 2.05) is 12.1 Å². The van der Waals surface area contributed by atoms with Gasteiger partial charge in [0.2, 0.25) is 0 Å². The van der Waals surface area contributed by atoms with Gasteiger partial charge in [-0.2, -0.15) is 0 Å². The van der Waals surface area contributed by atoms with Crippen molar-refractivity contribution in [3.63, 3.8) is 0 Å². The van der Waals surface area contributed by atoms with Gasteiger partial charge in [-0.25, -0.2) is 0 Å². The second-order valence-corrected chi connectivity index (χ2v) is 13.3. The normalized spacial score (nSPS) is 11.8. The Kier molecular flexibility index (Phi) is 11.4. The molecule has 0 bridgehead atoms. The van der Waals surface area contributed by atoms with E-state index in [4.69, 9.17) is 25.4 Å². The van der Waals surface area contributed by atoms with Crippen molar-refractivity contribution in [3.05, 3.63) is 24.3 Å². The third-order valence-electron chi connectivity index (χ3n) is 3.82. The van der Waals surface area contributed by atoms with Gasteiger partial charge in [0.1, 0.15) is 18.1 Å². The Labute approximate surface area is 159 Å². The summed E-state index contributed by atoms with van der Waals surface area (Å²) in [5.74, 6) is 1.45. The molecule has 146 valence electrons. The summed E-state index contributed by atoms with van der Waals surface area (Å²) in [5.41, 5.74) is 4.64. The van der Waals surface area contributed by atoms with Crippen molar-refractivity contribution >= 4 is 20.5 Å². The van der Waals surface area contributed by atoms with E-state index < -0.39 is 13.6 Å². The predicted molar refractivity (Wildman–Crippen MR) is 108 cm³/mol. The van der Waals surface area contributed by atoms with Crippen LogP contribution in [0.25, 0.3) is 0 Å². The molecule has 1 aromatic carbocycles. The van der Waals surface area contributed by atoms with Gasteiger partial charge in [-0.05, 0) is 30.7 Å². The number of halogens is 1. The lowest BCUT2D eigenvalue weighted by atomic mass is 10.1. The van der Waals surface area contributed by atoms with Gasteiger partial charge in [0, 0.05) is 8.07 Å². The fourth-order valence-electron chi connectivity index (χ4n) is 2.12. The Bertz CT molecular complexity index is 461. The summed E-state index contributed by atoms with van der Waals surface area (Å²) in [6.45, 7) is 7.34. The van der Waals surface area contributed by atoms with Crippen molar-refractivity contribution < 1.29 is 19.7 Å². The van der Waals surface area contributed by atoms with Gasteiger partial charge in [0.15, 0.2) is 0 Å². The van der Waals surface area contributed by atoms with Crippen LogP contribution < -0.4 is 15.2 Å². The minimum Gasteiger partial charge on any atom is -0.494 e. The zero-order valence-electron chi connectivity index (χ0n) is 15.7. The highest BCUT2D eigenvalue weighted by Crippen LogP contribution is 2.19. The molecule has 0 fully saturated rings. The molecular weight excluding hydrogens is 358 g/mol. The number of unbranched alkanes of at least 4 members (excludes halogenated alkanes) is 2. The summed E-state index contributed by atoms with van der Waals surface area (Å²) in [6, 6.07) is 8.69. The van der Waals surface area contributed by atoms with Gasteiger partial charge in [0.05, 0.1) is 25.4 Å². The van der Waals surface area contributed by atoms with E-state index in [9.17, 15) is 0 Å². The Morgan fingerprint density at radius 3 is 1.92 bits per heavy atom. The number of nitrogens with two attached hydrogens (primary N) is 1. The molecule has 0 atom stereocenters. The van der Waals surface area contributed by atoms with Gasteiger partial charge < -0.3 is 25.4 Å². The molecule has 1 aromatic rings. The molecule has 1 rings (SSSR count). The first-order valence-electron chi connectivity index (χ1n) is 8.64. The fraction of sp³-hybridized carbons (Fsp3) is 0.667. The average molecular weight is 392 g/mol. The number of benzene rings is 1. The van der Waals surface area contributed by atoms with E-state index in [1.54, 1.807) is 12.1 Å². The van der Waals surface area contributed by atoms with Crippen molar-refractivity contribution in [2.24, 2.45) is 5.73 Å². The predicted octanol–water partition coefficient (Wildman–Crippen LogP) is 3.06. The maximum atomic E-state index is 9.13. The highest BCUT2D eigenvalue weighted by Gasteiger charge is 2.24. The molecule has 5 nitrogen and oxygen atoms in total. The van der Waals surface area contributed by atoms with Crippen molar-refractivity contribution in [2.45, 2.75) is 50.5 Å². The van der Waals surface area contributed by atoms with Crippen molar-refractivity contribution in [3.8, 4) is 11.5 Å². The molecular formula is C18H34ClNO4Si. The Hall–Kier alpha value is -0.793. The number of hydrogen-bond donors (Lipinski definition) is 3. The van der Waals surface area contributed by atoms with Gasteiger partial charge in [-0.3, -0.25) is 0 Å². The molecule has 0 aliphatic rings. The zero-order valence-corrected chi connectivity index (χ0v) is 17.5. The minimum atomic E-state index is -1.12. The highest BCUT2D eigenvalue weighted by atomic mass is 35.5. The molecule has 0 saturated carbocycles. The van der Waals surface area contributed by atoms with Crippen LogP contribution in [0.5, 0.6) is 11.5 Å². The van der Waals surface area contributed by atoms with E-state index >= 15 is 0 Å². The standard InChI is InChI=1S/C18H33NO4Si.ClH/c1-24(2,3)12-6-4-5-11-22-16-7-9-17(10-8-16)23-15-18(19,13-20)14-21;/h7-10,20-21H,4-6,11-15,19H2,1-3H3;1H. The number of rotatable bonds is 12. The van der Waals surface area contributed by atoms with Crippen LogP contribution >= 0.6 is 12.4 Å². The van der Waals surface area contributed by atoms with Crippen molar-refractivity contribution in [2.75, 3.05) is 26.4 Å². The van der Waals surface area contributed by atoms with Crippen LogP contribution in [0.4, 0.5) is 0 Å². The monoisotopic (exact) mass is 391 g/mol. The molecule has 0 aliphatic carbocycles. The van der Waals surface area contributed by atoms with Crippen molar-refractivity contribution in [1.82, 2.24) is 0 Å². The molecule has 0 amide bonds. The molecule has 25 heavy (non-hydrogen) atoms. The maximum Gasteiger partial charge on any atom is 0.119 e. The number of aliphatic hydroxyl groups is 2. The molecule has 4 N–H and O–H groups in total. The maximum absolute atomic E-state index is 9.13. The summed E-state index contributed by atoms with van der Waals surface area (Å²) in [7, 11) is -0.910. The van der Waals surface area contributed by atoms with Gasteiger partial charge in [-0.1, -0.05) is 38.5 Å². The van der Waals surface area contributed by atoms with Crippen LogP contribution in [0.1, 0.15) is 19.3 Å². The molecule has 7 heteroatoms. The highest BCUT2D eigenvalue weighted by molar-refractivity contribution is 6.76. The van der Waals surface area contributed by atoms with E-state index in [0.717, 1.165) is 18.8 Å². The summed E-state index contributed by atoms with van der Waals surface area (Å²) in [5, 5.41) is 18.3. The van der Waals surface area contributed by atoms with Crippen LogP contribution in [-0.2, 0) is 0 Å². The molecule has 0 spiro atoms. The number of aliphatic hydroxyl groups excluding tert-OH is 2. The van der Waals surface area contributed by atoms with Crippen LogP contribution in [0.3, 0.4) is 0 Å². The Balaban J connectivity index is 0.00000576. The molecule has 0 unspecified atom stereocenters. The lowest BCUT2D eigenvalue weighted by Crippen LogP contribution is -2.52. The van der Waals surface area contributed by atoms with Crippen LogP contribution in [0.2, 0.25) is 25.7 Å².